The first-order valence-electron chi connectivity index (χ1n) is 8.13. The average Bonchev–Trinajstić information content (AvgIpc) is 3.00. The van der Waals surface area contributed by atoms with Crippen LogP contribution >= 0.6 is 11.6 Å². The lowest BCUT2D eigenvalue weighted by Crippen LogP contribution is -2.36. The molecule has 1 fully saturated rings. The minimum atomic E-state index is 0.195. The van der Waals surface area contributed by atoms with E-state index in [0.717, 1.165) is 24.5 Å². The van der Waals surface area contributed by atoms with E-state index in [1.165, 1.54) is 36.9 Å². The summed E-state index contributed by atoms with van der Waals surface area (Å²) in [6.45, 7) is 4.91. The second-order valence-corrected chi connectivity index (χ2v) is 6.24. The zero-order valence-electron chi connectivity index (χ0n) is 12.9. The Balaban J connectivity index is 2.20. The molecular formula is C17H27ClN2O. The molecule has 21 heavy (non-hydrogen) atoms. The molecule has 4 heteroatoms. The topological polar surface area (TPSA) is 35.5 Å². The second-order valence-electron chi connectivity index (χ2n) is 5.81. The van der Waals surface area contributed by atoms with E-state index in [4.69, 9.17) is 11.6 Å². The Hall–Kier alpha value is -0.770. The third-order valence-corrected chi connectivity index (χ3v) is 4.43. The van der Waals surface area contributed by atoms with Crippen LogP contribution in [0.2, 0.25) is 5.02 Å². The molecule has 1 aromatic rings. The lowest BCUT2D eigenvalue weighted by molar-refractivity contribution is 0.297. The highest BCUT2D eigenvalue weighted by molar-refractivity contribution is 6.30. The first-order chi connectivity index (χ1) is 10.3. The SMILES string of the molecule is CCCNCc1cc(Cl)ccc1N(CCO)C1CCCC1. The molecule has 1 aliphatic rings. The van der Waals surface area contributed by atoms with Gasteiger partial charge in [0.25, 0.3) is 0 Å². The summed E-state index contributed by atoms with van der Waals surface area (Å²) >= 11 is 6.18. The van der Waals surface area contributed by atoms with Gasteiger partial charge in [0.05, 0.1) is 6.61 Å². The summed E-state index contributed by atoms with van der Waals surface area (Å²) in [6.07, 6.45) is 6.17. The molecule has 0 amide bonds. The molecule has 0 saturated heterocycles. The van der Waals surface area contributed by atoms with Crippen molar-refractivity contribution in [2.24, 2.45) is 0 Å². The number of nitrogens with one attached hydrogen (secondary N) is 1. The van der Waals surface area contributed by atoms with E-state index >= 15 is 0 Å². The van der Waals surface area contributed by atoms with E-state index in [-0.39, 0.29) is 6.61 Å². The van der Waals surface area contributed by atoms with Crippen LogP contribution in [0.1, 0.15) is 44.6 Å². The lowest BCUT2D eigenvalue weighted by Gasteiger charge is -2.32. The number of hydrogen-bond acceptors (Lipinski definition) is 3. The van der Waals surface area contributed by atoms with Crippen molar-refractivity contribution in [3.05, 3.63) is 28.8 Å². The maximum atomic E-state index is 9.43. The van der Waals surface area contributed by atoms with E-state index in [1.807, 2.05) is 6.07 Å². The molecule has 0 spiro atoms. The molecule has 1 saturated carbocycles. The van der Waals surface area contributed by atoms with E-state index < -0.39 is 0 Å². The predicted octanol–water partition coefficient (Wildman–Crippen LogP) is 3.58. The standard InChI is InChI=1S/C17H27ClN2O/c1-2-9-19-13-14-12-15(18)7-8-17(14)20(10-11-21)16-5-3-4-6-16/h7-8,12,16,19,21H,2-6,9-11,13H2,1H3. The number of halogens is 1. The van der Waals surface area contributed by atoms with Gasteiger partial charge in [-0.25, -0.2) is 0 Å². The fraction of sp³-hybridized carbons (Fsp3) is 0.647. The van der Waals surface area contributed by atoms with Crippen LogP contribution in [-0.2, 0) is 6.54 Å². The van der Waals surface area contributed by atoms with Gasteiger partial charge in [0.15, 0.2) is 0 Å². The minimum Gasteiger partial charge on any atom is -0.395 e. The van der Waals surface area contributed by atoms with Crippen LogP contribution in [0, 0.1) is 0 Å². The zero-order valence-corrected chi connectivity index (χ0v) is 13.7. The van der Waals surface area contributed by atoms with Crippen LogP contribution in [0.4, 0.5) is 5.69 Å². The molecule has 1 aromatic carbocycles. The molecule has 0 heterocycles. The van der Waals surface area contributed by atoms with E-state index in [9.17, 15) is 5.11 Å². The molecule has 0 aliphatic heterocycles. The average molecular weight is 311 g/mol. The predicted molar refractivity (Wildman–Crippen MR) is 90.1 cm³/mol. The molecule has 3 nitrogen and oxygen atoms in total. The number of nitrogens with zero attached hydrogens (tertiary/aromatic N) is 1. The Kier molecular flexibility index (Phi) is 6.81. The van der Waals surface area contributed by atoms with Gasteiger partial charge in [0.2, 0.25) is 0 Å². The summed E-state index contributed by atoms with van der Waals surface area (Å²) in [5.74, 6) is 0. The van der Waals surface area contributed by atoms with Crippen LogP contribution in [-0.4, -0.2) is 30.8 Å². The normalized spacial score (nSPS) is 15.6. The number of aliphatic hydroxyl groups is 1. The van der Waals surface area contributed by atoms with Crippen LogP contribution in [0.15, 0.2) is 18.2 Å². The summed E-state index contributed by atoms with van der Waals surface area (Å²) < 4.78 is 0. The highest BCUT2D eigenvalue weighted by Gasteiger charge is 2.24. The molecule has 0 unspecified atom stereocenters. The maximum Gasteiger partial charge on any atom is 0.0606 e. The molecule has 0 atom stereocenters. The molecular weight excluding hydrogens is 284 g/mol. The summed E-state index contributed by atoms with van der Waals surface area (Å²) in [7, 11) is 0. The quantitative estimate of drug-likeness (QED) is 0.720. The Morgan fingerprint density at radius 1 is 1.33 bits per heavy atom. The highest BCUT2D eigenvalue weighted by atomic mass is 35.5. The van der Waals surface area contributed by atoms with Gasteiger partial charge in [-0.1, -0.05) is 31.4 Å². The van der Waals surface area contributed by atoms with Crippen molar-refractivity contribution in [2.45, 2.75) is 51.6 Å². The Morgan fingerprint density at radius 2 is 2.10 bits per heavy atom. The highest BCUT2D eigenvalue weighted by Crippen LogP contribution is 2.31. The first-order valence-corrected chi connectivity index (χ1v) is 8.50. The van der Waals surface area contributed by atoms with Crippen LogP contribution in [0.5, 0.6) is 0 Å². The van der Waals surface area contributed by atoms with Crippen molar-refractivity contribution in [3.63, 3.8) is 0 Å². The van der Waals surface area contributed by atoms with Gasteiger partial charge in [-0.2, -0.15) is 0 Å². The molecule has 2 N–H and O–H groups in total. The number of hydrogen-bond donors (Lipinski definition) is 2. The first kappa shape index (κ1) is 16.6. The lowest BCUT2D eigenvalue weighted by atomic mass is 10.1. The smallest absolute Gasteiger partial charge is 0.0606 e. The van der Waals surface area contributed by atoms with Crippen molar-refractivity contribution in [1.82, 2.24) is 5.32 Å². The van der Waals surface area contributed by atoms with E-state index in [1.54, 1.807) is 0 Å². The maximum absolute atomic E-state index is 9.43. The van der Waals surface area contributed by atoms with Crippen LogP contribution in [0.25, 0.3) is 0 Å². The third-order valence-electron chi connectivity index (χ3n) is 4.20. The summed E-state index contributed by atoms with van der Waals surface area (Å²) in [5.41, 5.74) is 2.46. The molecule has 0 radical (unpaired) electrons. The van der Waals surface area contributed by atoms with Gasteiger partial charge in [0, 0.05) is 29.8 Å². The van der Waals surface area contributed by atoms with Gasteiger partial charge in [-0.3, -0.25) is 0 Å². The molecule has 2 rings (SSSR count). The minimum absolute atomic E-state index is 0.195. The largest absolute Gasteiger partial charge is 0.395 e. The van der Waals surface area contributed by atoms with Gasteiger partial charge in [-0.15, -0.1) is 0 Å². The Bertz CT molecular complexity index is 433. The van der Waals surface area contributed by atoms with Crippen LogP contribution < -0.4 is 10.2 Å². The summed E-state index contributed by atoms with van der Waals surface area (Å²) in [4.78, 5) is 2.38. The monoisotopic (exact) mass is 310 g/mol. The molecule has 0 aromatic heterocycles. The van der Waals surface area contributed by atoms with Crippen molar-refractivity contribution >= 4 is 17.3 Å². The van der Waals surface area contributed by atoms with Crippen LogP contribution in [0.3, 0.4) is 0 Å². The number of benzene rings is 1. The molecule has 0 bridgehead atoms. The van der Waals surface area contributed by atoms with E-state index in [0.29, 0.717) is 12.6 Å². The van der Waals surface area contributed by atoms with Gasteiger partial charge < -0.3 is 15.3 Å². The fourth-order valence-electron chi connectivity index (χ4n) is 3.20. The third kappa shape index (κ3) is 4.60. The molecule has 1 aliphatic carbocycles. The van der Waals surface area contributed by atoms with E-state index in [2.05, 4.69) is 29.3 Å². The zero-order chi connectivity index (χ0) is 15.1. The van der Waals surface area contributed by atoms with Crippen molar-refractivity contribution in [3.8, 4) is 0 Å². The summed E-state index contributed by atoms with van der Waals surface area (Å²) in [6, 6.07) is 6.68. The van der Waals surface area contributed by atoms with Crippen molar-refractivity contribution < 1.29 is 5.11 Å². The van der Waals surface area contributed by atoms with Gasteiger partial charge in [0.1, 0.15) is 0 Å². The van der Waals surface area contributed by atoms with Gasteiger partial charge in [-0.05, 0) is 49.6 Å². The second kappa shape index (κ2) is 8.62. The van der Waals surface area contributed by atoms with Crippen molar-refractivity contribution in [1.29, 1.82) is 0 Å². The fourth-order valence-corrected chi connectivity index (χ4v) is 3.39. The Labute approximate surface area is 133 Å². The number of rotatable bonds is 8. The van der Waals surface area contributed by atoms with Crippen molar-refractivity contribution in [2.75, 3.05) is 24.6 Å². The molecule has 118 valence electrons. The Morgan fingerprint density at radius 3 is 2.76 bits per heavy atom. The summed E-state index contributed by atoms with van der Waals surface area (Å²) in [5, 5.41) is 13.7. The number of aliphatic hydroxyl groups excluding tert-OH is 1. The van der Waals surface area contributed by atoms with Gasteiger partial charge >= 0.3 is 0 Å². The number of anilines is 1.